The third kappa shape index (κ3) is 4.81. The summed E-state index contributed by atoms with van der Waals surface area (Å²) in [5.74, 6) is 1.23. The molecule has 7 heteroatoms. The Morgan fingerprint density at radius 2 is 1.81 bits per heavy atom. The number of amides is 2. The molecule has 0 aromatic heterocycles. The molecule has 6 nitrogen and oxygen atoms in total. The zero-order chi connectivity index (χ0) is 22.0. The van der Waals surface area contributed by atoms with Crippen LogP contribution in [0.15, 0.2) is 60.7 Å². The molecule has 0 unspecified atom stereocenters. The summed E-state index contributed by atoms with van der Waals surface area (Å²) in [5.41, 5.74) is 2.45. The van der Waals surface area contributed by atoms with Crippen molar-refractivity contribution in [2.24, 2.45) is 0 Å². The standard InChI is InChI=1S/C24H21ClN2O4/c1-14(2)15-3-7-18(8-4-15)30-13-23(28)26-17-6-10-21-19(12-17)24(29)27-20-11-16(25)5-9-22(20)31-21/h3-12,14H,13H2,1-2H3,(H,26,28)(H,27,29). The highest BCUT2D eigenvalue weighted by Crippen LogP contribution is 2.37. The number of fused-ring (bicyclic) bond motifs is 2. The summed E-state index contributed by atoms with van der Waals surface area (Å²) in [6, 6.07) is 17.5. The van der Waals surface area contributed by atoms with Gasteiger partial charge in [-0.3, -0.25) is 9.59 Å². The van der Waals surface area contributed by atoms with E-state index in [1.165, 1.54) is 5.56 Å². The number of nitrogens with one attached hydrogen (secondary N) is 2. The van der Waals surface area contributed by atoms with Gasteiger partial charge in [0.15, 0.2) is 12.4 Å². The third-order valence-electron chi connectivity index (χ3n) is 4.83. The number of carbonyl (C=O) groups excluding carboxylic acids is 2. The van der Waals surface area contributed by atoms with E-state index in [1.54, 1.807) is 36.4 Å². The van der Waals surface area contributed by atoms with Gasteiger partial charge in [0.05, 0.1) is 11.3 Å². The van der Waals surface area contributed by atoms with E-state index in [-0.39, 0.29) is 18.4 Å². The van der Waals surface area contributed by atoms with Crippen molar-refractivity contribution in [3.8, 4) is 17.2 Å². The lowest BCUT2D eigenvalue weighted by Crippen LogP contribution is -2.20. The van der Waals surface area contributed by atoms with Gasteiger partial charge in [0.2, 0.25) is 0 Å². The molecule has 4 rings (SSSR count). The lowest BCUT2D eigenvalue weighted by molar-refractivity contribution is -0.118. The molecular weight excluding hydrogens is 416 g/mol. The summed E-state index contributed by atoms with van der Waals surface area (Å²) in [4.78, 5) is 24.9. The van der Waals surface area contributed by atoms with Crippen molar-refractivity contribution >= 4 is 34.8 Å². The molecule has 31 heavy (non-hydrogen) atoms. The highest BCUT2D eigenvalue weighted by molar-refractivity contribution is 6.31. The number of benzene rings is 3. The van der Waals surface area contributed by atoms with Crippen molar-refractivity contribution in [1.82, 2.24) is 0 Å². The smallest absolute Gasteiger partial charge is 0.262 e. The molecule has 2 N–H and O–H groups in total. The summed E-state index contributed by atoms with van der Waals surface area (Å²) in [6.07, 6.45) is 0. The van der Waals surface area contributed by atoms with Crippen molar-refractivity contribution in [2.45, 2.75) is 19.8 Å². The van der Waals surface area contributed by atoms with Crippen LogP contribution in [0, 0.1) is 0 Å². The molecule has 3 aromatic rings. The topological polar surface area (TPSA) is 76.7 Å². The number of hydrogen-bond donors (Lipinski definition) is 2. The summed E-state index contributed by atoms with van der Waals surface area (Å²) in [7, 11) is 0. The Bertz CT molecular complexity index is 1140. The fourth-order valence-corrected chi connectivity index (χ4v) is 3.34. The quantitative estimate of drug-likeness (QED) is 0.526. The van der Waals surface area contributed by atoms with Crippen LogP contribution in [-0.4, -0.2) is 18.4 Å². The molecule has 158 valence electrons. The first-order valence-electron chi connectivity index (χ1n) is 9.84. The fraction of sp³-hybridized carbons (Fsp3) is 0.167. The first-order chi connectivity index (χ1) is 14.9. The van der Waals surface area contributed by atoms with Crippen LogP contribution in [0.4, 0.5) is 11.4 Å². The zero-order valence-electron chi connectivity index (χ0n) is 17.1. The van der Waals surface area contributed by atoms with Gasteiger partial charge >= 0.3 is 0 Å². The first kappa shape index (κ1) is 20.8. The minimum absolute atomic E-state index is 0.148. The van der Waals surface area contributed by atoms with Gasteiger partial charge in [0, 0.05) is 10.7 Å². The minimum Gasteiger partial charge on any atom is -0.484 e. The number of ether oxygens (including phenoxy) is 2. The number of hydrogen-bond acceptors (Lipinski definition) is 4. The Morgan fingerprint density at radius 3 is 2.55 bits per heavy atom. The molecule has 1 aliphatic heterocycles. The van der Waals surface area contributed by atoms with Crippen LogP contribution in [0.3, 0.4) is 0 Å². The maximum atomic E-state index is 12.6. The molecule has 3 aromatic carbocycles. The molecule has 2 amide bonds. The summed E-state index contributed by atoms with van der Waals surface area (Å²) in [6.45, 7) is 4.08. The molecule has 0 saturated heterocycles. The summed E-state index contributed by atoms with van der Waals surface area (Å²) in [5, 5.41) is 6.00. The van der Waals surface area contributed by atoms with Crippen LogP contribution in [0.1, 0.15) is 35.7 Å². The Morgan fingerprint density at radius 1 is 1.06 bits per heavy atom. The van der Waals surface area contributed by atoms with E-state index in [2.05, 4.69) is 24.5 Å². The first-order valence-corrected chi connectivity index (χ1v) is 10.2. The van der Waals surface area contributed by atoms with Crippen LogP contribution in [0.25, 0.3) is 0 Å². The second-order valence-electron chi connectivity index (χ2n) is 7.47. The lowest BCUT2D eigenvalue weighted by Gasteiger charge is -2.11. The average molecular weight is 437 g/mol. The maximum Gasteiger partial charge on any atom is 0.262 e. The number of carbonyl (C=O) groups is 2. The highest BCUT2D eigenvalue weighted by Gasteiger charge is 2.22. The van der Waals surface area contributed by atoms with Crippen LogP contribution < -0.4 is 20.1 Å². The fourth-order valence-electron chi connectivity index (χ4n) is 3.17. The average Bonchev–Trinajstić information content (AvgIpc) is 2.88. The Kier molecular flexibility index (Phi) is 5.82. The van der Waals surface area contributed by atoms with Crippen LogP contribution in [0.2, 0.25) is 5.02 Å². The van der Waals surface area contributed by atoms with E-state index < -0.39 is 0 Å². The van der Waals surface area contributed by atoms with E-state index in [0.717, 1.165) is 0 Å². The molecule has 0 fully saturated rings. The second-order valence-corrected chi connectivity index (χ2v) is 7.90. The largest absolute Gasteiger partial charge is 0.484 e. The molecule has 0 spiro atoms. The summed E-state index contributed by atoms with van der Waals surface area (Å²) < 4.78 is 11.4. The van der Waals surface area contributed by atoms with Gasteiger partial charge in [-0.25, -0.2) is 0 Å². The predicted octanol–water partition coefficient (Wildman–Crippen LogP) is 5.84. The minimum atomic E-state index is -0.353. The van der Waals surface area contributed by atoms with E-state index >= 15 is 0 Å². The SMILES string of the molecule is CC(C)c1ccc(OCC(=O)Nc2ccc3c(c2)C(=O)Nc2cc(Cl)ccc2O3)cc1. The van der Waals surface area contributed by atoms with Crippen molar-refractivity contribution in [3.63, 3.8) is 0 Å². The van der Waals surface area contributed by atoms with Gasteiger partial charge in [0.25, 0.3) is 11.8 Å². The Hall–Kier alpha value is -3.51. The second kappa shape index (κ2) is 8.70. The van der Waals surface area contributed by atoms with E-state index in [1.807, 2.05) is 24.3 Å². The lowest BCUT2D eigenvalue weighted by atomic mass is 10.0. The monoisotopic (exact) mass is 436 g/mol. The molecule has 0 aliphatic carbocycles. The number of halogens is 1. The molecule has 1 heterocycles. The summed E-state index contributed by atoms with van der Waals surface area (Å²) >= 11 is 6.00. The van der Waals surface area contributed by atoms with Gasteiger partial charge < -0.3 is 20.1 Å². The van der Waals surface area contributed by atoms with Gasteiger partial charge in [0.1, 0.15) is 11.5 Å². The molecule has 0 atom stereocenters. The van der Waals surface area contributed by atoms with Gasteiger partial charge in [-0.1, -0.05) is 37.6 Å². The Balaban J connectivity index is 1.42. The maximum absolute atomic E-state index is 12.6. The normalized spacial score (nSPS) is 12.2. The molecule has 0 saturated carbocycles. The molecule has 0 radical (unpaired) electrons. The molecule has 1 aliphatic rings. The van der Waals surface area contributed by atoms with E-state index in [0.29, 0.717) is 45.1 Å². The van der Waals surface area contributed by atoms with Gasteiger partial charge in [-0.2, -0.15) is 0 Å². The van der Waals surface area contributed by atoms with Gasteiger partial charge in [-0.05, 0) is 60.0 Å². The zero-order valence-corrected chi connectivity index (χ0v) is 17.8. The highest BCUT2D eigenvalue weighted by atomic mass is 35.5. The molecular formula is C24H21ClN2O4. The van der Waals surface area contributed by atoms with Crippen LogP contribution >= 0.6 is 11.6 Å². The van der Waals surface area contributed by atoms with Crippen molar-refractivity contribution in [3.05, 3.63) is 76.8 Å². The predicted molar refractivity (Wildman–Crippen MR) is 121 cm³/mol. The molecule has 0 bridgehead atoms. The van der Waals surface area contributed by atoms with Gasteiger partial charge in [-0.15, -0.1) is 0 Å². The van der Waals surface area contributed by atoms with Crippen molar-refractivity contribution in [2.75, 3.05) is 17.2 Å². The Labute approximate surface area is 185 Å². The van der Waals surface area contributed by atoms with Crippen molar-refractivity contribution < 1.29 is 19.1 Å². The van der Waals surface area contributed by atoms with Crippen LogP contribution in [-0.2, 0) is 4.79 Å². The number of anilines is 2. The number of rotatable bonds is 5. The third-order valence-corrected chi connectivity index (χ3v) is 5.07. The van der Waals surface area contributed by atoms with E-state index in [4.69, 9.17) is 21.1 Å². The van der Waals surface area contributed by atoms with E-state index in [9.17, 15) is 9.59 Å². The van der Waals surface area contributed by atoms with Crippen LogP contribution in [0.5, 0.6) is 17.2 Å². The van der Waals surface area contributed by atoms with Crippen molar-refractivity contribution in [1.29, 1.82) is 0 Å².